The molecule has 0 bridgehead atoms. The van der Waals surface area contributed by atoms with Gasteiger partial charge in [-0.05, 0) is 49.3 Å². The number of nitrogens with zero attached hydrogens (tertiary/aromatic N) is 1. The van der Waals surface area contributed by atoms with Crippen LogP contribution in [0.25, 0.3) is 0 Å². The fraction of sp³-hybridized carbons (Fsp3) is 0.619. The Labute approximate surface area is 151 Å². The number of hydrogen-bond acceptors (Lipinski definition) is 2. The second-order valence-corrected chi connectivity index (χ2v) is 8.02. The molecule has 1 saturated carbocycles. The molecular formula is C21H30N2O2. The van der Waals surface area contributed by atoms with Crippen LogP contribution in [0.2, 0.25) is 0 Å². The van der Waals surface area contributed by atoms with E-state index in [0.29, 0.717) is 30.8 Å². The fourth-order valence-corrected chi connectivity index (χ4v) is 4.34. The summed E-state index contributed by atoms with van der Waals surface area (Å²) in [4.78, 5) is 27.3. The zero-order valence-electron chi connectivity index (χ0n) is 15.8. The van der Waals surface area contributed by atoms with Crippen molar-refractivity contribution in [3.8, 4) is 0 Å². The van der Waals surface area contributed by atoms with Crippen molar-refractivity contribution in [3.63, 3.8) is 0 Å². The van der Waals surface area contributed by atoms with Crippen LogP contribution in [0.4, 0.5) is 5.69 Å². The summed E-state index contributed by atoms with van der Waals surface area (Å²) in [6.07, 6.45) is 3.84. The van der Waals surface area contributed by atoms with Crippen molar-refractivity contribution in [1.29, 1.82) is 0 Å². The molecule has 1 heterocycles. The minimum atomic E-state index is -0.239. The van der Waals surface area contributed by atoms with Crippen LogP contribution >= 0.6 is 0 Å². The Morgan fingerprint density at radius 2 is 1.96 bits per heavy atom. The second kappa shape index (κ2) is 7.19. The van der Waals surface area contributed by atoms with Crippen LogP contribution in [-0.2, 0) is 9.59 Å². The normalized spacial score (nSPS) is 29.8. The number of carbonyl (C=O) groups excluding carboxylic acids is 2. The lowest BCUT2D eigenvalue weighted by atomic mass is 9.77. The van der Waals surface area contributed by atoms with E-state index in [9.17, 15) is 9.59 Å². The van der Waals surface area contributed by atoms with E-state index in [0.717, 1.165) is 23.2 Å². The van der Waals surface area contributed by atoms with Crippen molar-refractivity contribution < 1.29 is 9.59 Å². The minimum absolute atomic E-state index is 0.0268. The fourth-order valence-electron chi connectivity index (χ4n) is 4.34. The average molecular weight is 342 g/mol. The van der Waals surface area contributed by atoms with E-state index in [-0.39, 0.29) is 17.7 Å². The molecule has 0 unspecified atom stereocenters. The first-order chi connectivity index (χ1) is 11.9. The van der Waals surface area contributed by atoms with Crippen molar-refractivity contribution in [2.24, 2.45) is 17.8 Å². The third-order valence-corrected chi connectivity index (χ3v) is 6.46. The van der Waals surface area contributed by atoms with E-state index >= 15 is 0 Å². The maximum atomic E-state index is 12.7. The van der Waals surface area contributed by atoms with E-state index in [4.69, 9.17) is 0 Å². The number of aryl methyl sites for hydroxylation is 1. The van der Waals surface area contributed by atoms with Gasteiger partial charge >= 0.3 is 0 Å². The summed E-state index contributed by atoms with van der Waals surface area (Å²) in [5, 5.41) is 3.04. The smallest absolute Gasteiger partial charge is 0.229 e. The number of carbonyl (C=O) groups is 2. The molecule has 1 saturated heterocycles. The molecule has 1 aromatic carbocycles. The lowest BCUT2D eigenvalue weighted by Crippen LogP contribution is -2.45. The van der Waals surface area contributed by atoms with Crippen LogP contribution in [0.3, 0.4) is 0 Å². The van der Waals surface area contributed by atoms with Crippen LogP contribution in [0.15, 0.2) is 18.2 Å². The monoisotopic (exact) mass is 342 g/mol. The molecule has 25 heavy (non-hydrogen) atoms. The van der Waals surface area contributed by atoms with Gasteiger partial charge in [-0.3, -0.25) is 9.59 Å². The Bertz CT molecular complexity index is 670. The molecule has 3 rings (SSSR count). The Morgan fingerprint density at radius 1 is 1.20 bits per heavy atom. The minimum Gasteiger partial charge on any atom is -0.339 e. The maximum Gasteiger partial charge on any atom is 0.229 e. The molecular weight excluding hydrogens is 312 g/mol. The summed E-state index contributed by atoms with van der Waals surface area (Å²) >= 11 is 0. The molecule has 2 aliphatic rings. The van der Waals surface area contributed by atoms with Gasteiger partial charge in [0.05, 0.1) is 5.92 Å². The van der Waals surface area contributed by atoms with Crippen LogP contribution in [0.5, 0.6) is 0 Å². The van der Waals surface area contributed by atoms with E-state index in [1.807, 2.05) is 36.9 Å². The van der Waals surface area contributed by atoms with Crippen molar-refractivity contribution >= 4 is 17.5 Å². The zero-order valence-corrected chi connectivity index (χ0v) is 15.8. The predicted octanol–water partition coefficient (Wildman–Crippen LogP) is 3.92. The summed E-state index contributed by atoms with van der Waals surface area (Å²) < 4.78 is 0. The summed E-state index contributed by atoms with van der Waals surface area (Å²) in [6, 6.07) is 6.22. The number of benzene rings is 1. The third-order valence-electron chi connectivity index (χ3n) is 6.46. The van der Waals surface area contributed by atoms with Crippen LogP contribution in [0, 0.1) is 31.6 Å². The quantitative estimate of drug-likeness (QED) is 0.905. The lowest BCUT2D eigenvalue weighted by Gasteiger charge is -2.40. The maximum absolute atomic E-state index is 12.7. The average Bonchev–Trinajstić information content (AvgIpc) is 2.96. The molecule has 1 N–H and O–H groups in total. The van der Waals surface area contributed by atoms with Crippen molar-refractivity contribution in [2.75, 3.05) is 11.9 Å². The molecule has 0 spiro atoms. The van der Waals surface area contributed by atoms with E-state index in [1.165, 1.54) is 12.8 Å². The highest BCUT2D eigenvalue weighted by atomic mass is 16.2. The Balaban J connectivity index is 1.67. The first-order valence-electron chi connectivity index (χ1n) is 9.55. The van der Waals surface area contributed by atoms with Gasteiger partial charge < -0.3 is 10.2 Å². The molecule has 136 valence electrons. The molecule has 1 aromatic rings. The van der Waals surface area contributed by atoms with Gasteiger partial charge in [-0.2, -0.15) is 0 Å². The molecule has 1 aliphatic carbocycles. The largest absolute Gasteiger partial charge is 0.339 e. The van der Waals surface area contributed by atoms with E-state index in [1.54, 1.807) is 0 Å². The first kappa shape index (κ1) is 18.0. The summed E-state index contributed by atoms with van der Waals surface area (Å²) in [5.74, 6) is 1.04. The molecule has 4 atom stereocenters. The van der Waals surface area contributed by atoms with Crippen LogP contribution < -0.4 is 5.32 Å². The highest BCUT2D eigenvalue weighted by molar-refractivity contribution is 5.97. The second-order valence-electron chi connectivity index (χ2n) is 8.02. The van der Waals surface area contributed by atoms with E-state index in [2.05, 4.69) is 19.2 Å². The van der Waals surface area contributed by atoms with Gasteiger partial charge in [-0.25, -0.2) is 0 Å². The molecule has 4 heteroatoms. The molecule has 2 fully saturated rings. The Morgan fingerprint density at radius 3 is 2.72 bits per heavy atom. The molecule has 0 radical (unpaired) electrons. The van der Waals surface area contributed by atoms with Gasteiger partial charge in [-0.1, -0.05) is 38.8 Å². The lowest BCUT2D eigenvalue weighted by molar-refractivity contribution is -0.131. The SMILES string of the molecule is Cc1cccc(NC(=O)[C@H]2CC(=O)N([C@H]3CCC[C@H](C)[C@@H]3C)C2)c1C. The molecule has 0 aromatic heterocycles. The number of hydrogen-bond donors (Lipinski definition) is 1. The van der Waals surface area contributed by atoms with Gasteiger partial charge in [0.25, 0.3) is 0 Å². The first-order valence-corrected chi connectivity index (χ1v) is 9.55. The number of rotatable bonds is 3. The molecule has 4 nitrogen and oxygen atoms in total. The predicted molar refractivity (Wildman–Crippen MR) is 100 cm³/mol. The summed E-state index contributed by atoms with van der Waals surface area (Å²) in [5.41, 5.74) is 3.11. The summed E-state index contributed by atoms with van der Waals surface area (Å²) in [6.45, 7) is 9.16. The van der Waals surface area contributed by atoms with Gasteiger partial charge in [-0.15, -0.1) is 0 Å². The number of nitrogens with one attached hydrogen (secondary N) is 1. The van der Waals surface area contributed by atoms with Crippen LogP contribution in [-0.4, -0.2) is 29.3 Å². The topological polar surface area (TPSA) is 49.4 Å². The van der Waals surface area contributed by atoms with Gasteiger partial charge in [0.2, 0.25) is 11.8 Å². The summed E-state index contributed by atoms with van der Waals surface area (Å²) in [7, 11) is 0. The van der Waals surface area contributed by atoms with Crippen molar-refractivity contribution in [3.05, 3.63) is 29.3 Å². The standard InChI is InChI=1S/C21H30N2O2/c1-13-7-5-9-18(15(13)3)22-21(25)17-11-20(24)23(12-17)19-10-6-8-14(2)16(19)4/h5,7,9,14,16-17,19H,6,8,10-12H2,1-4H3,(H,22,25)/t14-,16-,17-,19-/m0/s1. The van der Waals surface area contributed by atoms with Crippen LogP contribution in [0.1, 0.15) is 50.7 Å². The highest BCUT2D eigenvalue weighted by Gasteiger charge is 2.41. The Hall–Kier alpha value is -1.84. The molecule has 1 aliphatic heterocycles. The third kappa shape index (κ3) is 3.58. The van der Waals surface area contributed by atoms with Crippen molar-refractivity contribution in [2.45, 2.75) is 59.4 Å². The number of likely N-dealkylation sites (tertiary alicyclic amines) is 1. The molecule has 2 amide bonds. The number of amides is 2. The van der Waals surface area contributed by atoms with Crippen molar-refractivity contribution in [1.82, 2.24) is 4.90 Å². The van der Waals surface area contributed by atoms with Gasteiger partial charge in [0, 0.05) is 24.7 Å². The zero-order chi connectivity index (χ0) is 18.1. The van der Waals surface area contributed by atoms with E-state index < -0.39 is 0 Å². The Kier molecular flexibility index (Phi) is 5.16. The highest BCUT2D eigenvalue weighted by Crippen LogP contribution is 2.36. The number of anilines is 1. The van der Waals surface area contributed by atoms with Gasteiger partial charge in [0.15, 0.2) is 0 Å². The van der Waals surface area contributed by atoms with Gasteiger partial charge in [0.1, 0.15) is 0 Å².